The Hall–Kier alpha value is -2.37. The summed E-state index contributed by atoms with van der Waals surface area (Å²) < 4.78 is 7.58. The molecule has 136 valence electrons. The van der Waals surface area contributed by atoms with E-state index in [1.165, 1.54) is 5.56 Å². The number of morpholine rings is 1. The molecule has 1 N–H and O–H groups in total. The van der Waals surface area contributed by atoms with Crippen LogP contribution in [-0.2, 0) is 4.74 Å². The minimum atomic E-state index is -0.0583. The molecule has 1 aliphatic heterocycles. The lowest BCUT2D eigenvalue weighted by Gasteiger charge is -2.34. The highest BCUT2D eigenvalue weighted by atomic mass is 16.5. The minimum Gasteiger partial charge on any atom is -0.394 e. The smallest absolute Gasteiger partial charge is 0.159 e. The van der Waals surface area contributed by atoms with Gasteiger partial charge in [-0.3, -0.25) is 0 Å². The number of aryl methyl sites for hydroxylation is 1. The van der Waals surface area contributed by atoms with Crippen molar-refractivity contribution >= 4 is 18.0 Å². The van der Waals surface area contributed by atoms with E-state index < -0.39 is 0 Å². The number of aliphatic hydroxyl groups is 1. The van der Waals surface area contributed by atoms with Crippen molar-refractivity contribution in [2.75, 3.05) is 31.3 Å². The number of anilines is 1. The molecule has 0 amide bonds. The average Bonchev–Trinajstić information content (AvgIpc) is 2.99. The van der Waals surface area contributed by atoms with Crippen LogP contribution < -0.4 is 15.5 Å². The van der Waals surface area contributed by atoms with E-state index in [1.807, 2.05) is 4.68 Å². The lowest BCUT2D eigenvalue weighted by molar-refractivity contribution is 0.0721. The highest BCUT2D eigenvalue weighted by molar-refractivity contribution is 5.54. The lowest BCUT2D eigenvalue weighted by Crippen LogP contribution is -2.50. The molecule has 4 rings (SSSR count). The highest BCUT2D eigenvalue weighted by Gasteiger charge is 2.26. The Kier molecular flexibility index (Phi) is 4.91. The molecule has 26 heavy (non-hydrogen) atoms. The second-order valence-corrected chi connectivity index (χ2v) is 6.85. The SMILES string of the molecule is Cc1ccc(-n2nc(N3CCOCC3CO)c3c2=CCCC=CC=3)cc1. The van der Waals surface area contributed by atoms with E-state index in [0.29, 0.717) is 13.2 Å². The number of ether oxygens (including phenoxy) is 1. The summed E-state index contributed by atoms with van der Waals surface area (Å²) in [4.78, 5) is 2.19. The van der Waals surface area contributed by atoms with Crippen molar-refractivity contribution < 1.29 is 9.84 Å². The number of hydrogen-bond donors (Lipinski definition) is 1. The van der Waals surface area contributed by atoms with Gasteiger partial charge in [0.25, 0.3) is 0 Å². The second-order valence-electron chi connectivity index (χ2n) is 6.85. The van der Waals surface area contributed by atoms with E-state index in [4.69, 9.17) is 9.84 Å². The monoisotopic (exact) mass is 351 g/mol. The second kappa shape index (κ2) is 7.48. The minimum absolute atomic E-state index is 0.0583. The van der Waals surface area contributed by atoms with Crippen LogP contribution in [0.5, 0.6) is 0 Å². The Balaban J connectivity index is 1.91. The van der Waals surface area contributed by atoms with Crippen molar-refractivity contribution in [1.82, 2.24) is 9.78 Å². The predicted octanol–water partition coefficient (Wildman–Crippen LogP) is 1.29. The Labute approximate surface area is 153 Å². The summed E-state index contributed by atoms with van der Waals surface area (Å²) in [6.07, 6.45) is 10.7. The summed E-state index contributed by atoms with van der Waals surface area (Å²) in [6.45, 7) is 4.07. The number of hydrogen-bond acceptors (Lipinski definition) is 4. The van der Waals surface area contributed by atoms with Crippen LogP contribution in [-0.4, -0.2) is 47.3 Å². The number of benzene rings is 1. The maximum Gasteiger partial charge on any atom is 0.159 e. The van der Waals surface area contributed by atoms with Gasteiger partial charge >= 0.3 is 0 Å². The van der Waals surface area contributed by atoms with Crippen LogP contribution in [0.3, 0.4) is 0 Å². The first-order chi connectivity index (χ1) is 12.8. The molecule has 1 aliphatic carbocycles. The van der Waals surface area contributed by atoms with E-state index in [9.17, 15) is 5.11 Å². The van der Waals surface area contributed by atoms with Crippen LogP contribution in [0.1, 0.15) is 18.4 Å². The Morgan fingerprint density at radius 3 is 2.88 bits per heavy atom. The maximum absolute atomic E-state index is 9.79. The highest BCUT2D eigenvalue weighted by Crippen LogP contribution is 2.15. The van der Waals surface area contributed by atoms with Crippen LogP contribution in [0.4, 0.5) is 5.82 Å². The molecule has 0 saturated carbocycles. The van der Waals surface area contributed by atoms with Crippen molar-refractivity contribution in [3.63, 3.8) is 0 Å². The van der Waals surface area contributed by atoms with Crippen molar-refractivity contribution in [1.29, 1.82) is 0 Å². The van der Waals surface area contributed by atoms with E-state index >= 15 is 0 Å². The fourth-order valence-electron chi connectivity index (χ4n) is 3.54. The van der Waals surface area contributed by atoms with Crippen LogP contribution in [0.15, 0.2) is 36.4 Å². The third-order valence-electron chi connectivity index (χ3n) is 5.00. The topological polar surface area (TPSA) is 50.5 Å². The molecule has 0 spiro atoms. The van der Waals surface area contributed by atoms with Gasteiger partial charge in [-0.2, -0.15) is 0 Å². The van der Waals surface area contributed by atoms with Gasteiger partial charge in [-0.15, -0.1) is 5.10 Å². The molecule has 1 unspecified atom stereocenters. The first kappa shape index (κ1) is 17.1. The van der Waals surface area contributed by atoms with Gasteiger partial charge in [-0.25, -0.2) is 4.68 Å². The Morgan fingerprint density at radius 2 is 2.08 bits per heavy atom. The van der Waals surface area contributed by atoms with Crippen molar-refractivity contribution in [3.8, 4) is 5.69 Å². The van der Waals surface area contributed by atoms with Crippen LogP contribution in [0, 0.1) is 6.92 Å². The zero-order chi connectivity index (χ0) is 17.9. The third kappa shape index (κ3) is 3.20. The normalized spacial score (nSPS) is 19.9. The molecule has 2 heterocycles. The number of aliphatic hydroxyl groups excluding tert-OH is 1. The van der Waals surface area contributed by atoms with Crippen molar-refractivity contribution in [2.45, 2.75) is 25.8 Å². The van der Waals surface area contributed by atoms with Gasteiger partial charge in [0.15, 0.2) is 5.82 Å². The lowest BCUT2D eigenvalue weighted by atomic mass is 10.1. The van der Waals surface area contributed by atoms with E-state index in [1.54, 1.807) is 0 Å². The fraction of sp³-hybridized carbons (Fsp3) is 0.381. The quantitative estimate of drug-likeness (QED) is 0.905. The molecule has 1 aromatic carbocycles. The van der Waals surface area contributed by atoms with E-state index in [-0.39, 0.29) is 12.6 Å². The summed E-state index contributed by atoms with van der Waals surface area (Å²) in [5.41, 5.74) is 2.29. The molecular weight excluding hydrogens is 326 g/mol. The zero-order valence-electron chi connectivity index (χ0n) is 15.1. The standard InChI is InChI=1S/C21H25N3O2/c1-16-8-10-17(11-9-16)24-20-7-5-3-2-4-6-19(20)21(22-24)23-12-13-26-15-18(23)14-25/h2,4,6-11,18,25H,3,5,12-15H2,1H3. The summed E-state index contributed by atoms with van der Waals surface area (Å²) >= 11 is 0. The molecular formula is C21H25N3O2. The van der Waals surface area contributed by atoms with Gasteiger partial charge in [-0.05, 0) is 38.0 Å². The molecule has 5 nitrogen and oxygen atoms in total. The predicted molar refractivity (Wildman–Crippen MR) is 104 cm³/mol. The Bertz CT molecular complexity index is 912. The van der Waals surface area contributed by atoms with Crippen LogP contribution in [0.25, 0.3) is 17.8 Å². The average molecular weight is 351 g/mol. The van der Waals surface area contributed by atoms with Gasteiger partial charge in [-0.1, -0.05) is 35.9 Å². The third-order valence-corrected chi connectivity index (χ3v) is 5.00. The summed E-state index contributed by atoms with van der Waals surface area (Å²) in [5, 5.41) is 17.0. The molecule has 1 aromatic heterocycles. The number of aromatic nitrogens is 2. The zero-order valence-corrected chi connectivity index (χ0v) is 15.1. The van der Waals surface area contributed by atoms with Crippen molar-refractivity contribution in [3.05, 3.63) is 52.5 Å². The molecule has 1 atom stereocenters. The molecule has 5 heteroatoms. The molecule has 2 aliphatic rings. The summed E-state index contributed by atoms with van der Waals surface area (Å²) in [6, 6.07) is 8.38. The molecule has 1 saturated heterocycles. The van der Waals surface area contributed by atoms with Crippen molar-refractivity contribution in [2.24, 2.45) is 0 Å². The number of allylic oxidation sites excluding steroid dienone is 2. The molecule has 0 radical (unpaired) electrons. The largest absolute Gasteiger partial charge is 0.394 e. The van der Waals surface area contributed by atoms with Gasteiger partial charge in [0.1, 0.15) is 0 Å². The molecule has 2 aromatic rings. The van der Waals surface area contributed by atoms with Gasteiger partial charge in [0.2, 0.25) is 0 Å². The van der Waals surface area contributed by atoms with Crippen LogP contribution in [0.2, 0.25) is 0 Å². The van der Waals surface area contributed by atoms with E-state index in [2.05, 4.69) is 60.4 Å². The maximum atomic E-state index is 9.79. The first-order valence-corrected chi connectivity index (χ1v) is 9.26. The number of fused-ring (bicyclic) bond motifs is 1. The molecule has 0 bridgehead atoms. The number of rotatable bonds is 3. The first-order valence-electron chi connectivity index (χ1n) is 9.26. The summed E-state index contributed by atoms with van der Waals surface area (Å²) in [7, 11) is 0. The fourth-order valence-corrected chi connectivity index (χ4v) is 3.54. The Morgan fingerprint density at radius 1 is 1.23 bits per heavy atom. The van der Waals surface area contributed by atoms with Gasteiger partial charge in [0, 0.05) is 11.8 Å². The molecule has 1 fully saturated rings. The number of nitrogens with zero attached hydrogens (tertiary/aromatic N) is 3. The summed E-state index contributed by atoms with van der Waals surface area (Å²) in [5.74, 6) is 0.922. The van der Waals surface area contributed by atoms with E-state index in [0.717, 1.165) is 41.5 Å². The van der Waals surface area contributed by atoms with Crippen LogP contribution >= 0.6 is 0 Å². The van der Waals surface area contributed by atoms with Gasteiger partial charge in [0.05, 0.1) is 36.9 Å². The van der Waals surface area contributed by atoms with Gasteiger partial charge < -0.3 is 14.7 Å².